The fourth-order valence-electron chi connectivity index (χ4n) is 9.64. The Morgan fingerprint density at radius 2 is 0.701 bits per heavy atom. The topological polar surface area (TPSA) is 95.9 Å². The van der Waals surface area contributed by atoms with E-state index >= 15 is 0 Å². The summed E-state index contributed by atoms with van der Waals surface area (Å²) >= 11 is 0. The van der Waals surface area contributed by atoms with E-state index in [1.165, 1.54) is 270 Å². The smallest absolute Gasteiger partial charge is 0.305 e. The van der Waals surface area contributed by atoms with Crippen LogP contribution in [0.25, 0.3) is 0 Å². The third-order valence-electron chi connectivity index (χ3n) is 14.3. The van der Waals surface area contributed by atoms with Crippen molar-refractivity contribution in [3.05, 3.63) is 12.2 Å². The van der Waals surface area contributed by atoms with Gasteiger partial charge in [-0.2, -0.15) is 0 Å². The van der Waals surface area contributed by atoms with E-state index in [1.54, 1.807) is 0 Å². The summed E-state index contributed by atoms with van der Waals surface area (Å²) in [5.41, 5.74) is 0. The summed E-state index contributed by atoms with van der Waals surface area (Å²) in [5.74, 6) is -0.0186. The molecule has 0 aromatic carbocycles. The van der Waals surface area contributed by atoms with E-state index in [0.29, 0.717) is 25.9 Å². The van der Waals surface area contributed by atoms with Crippen LogP contribution in [0.1, 0.15) is 341 Å². The first-order chi connectivity index (χ1) is 33.0. The highest BCUT2D eigenvalue weighted by Gasteiger charge is 2.20. The van der Waals surface area contributed by atoms with Crippen molar-refractivity contribution in [3.8, 4) is 0 Å². The highest BCUT2D eigenvalue weighted by molar-refractivity contribution is 5.76. The largest absolute Gasteiger partial charge is 0.466 e. The number of aliphatic hydroxyl groups excluding tert-OH is 2. The molecule has 1 amide bonds. The molecule has 0 aromatic heterocycles. The molecule has 0 rings (SSSR count). The minimum Gasteiger partial charge on any atom is -0.466 e. The molecule has 0 spiro atoms. The van der Waals surface area contributed by atoms with E-state index in [0.717, 1.165) is 38.5 Å². The van der Waals surface area contributed by atoms with Crippen LogP contribution < -0.4 is 5.32 Å². The number of aliphatic hydroxyl groups is 2. The van der Waals surface area contributed by atoms with Crippen molar-refractivity contribution in [1.82, 2.24) is 5.32 Å². The molecule has 0 bridgehead atoms. The summed E-state index contributed by atoms with van der Waals surface area (Å²) in [6, 6.07) is -0.539. The number of carbonyl (C=O) groups is 2. The molecular formula is C61H119NO5. The second-order valence-corrected chi connectivity index (χ2v) is 21.0. The molecule has 398 valence electrons. The molecule has 0 aliphatic heterocycles. The lowest BCUT2D eigenvalue weighted by Gasteiger charge is -2.22. The fraction of sp³-hybridized carbons (Fsp3) is 0.934. The van der Waals surface area contributed by atoms with Crippen LogP contribution in [0.4, 0.5) is 0 Å². The Labute approximate surface area is 419 Å². The van der Waals surface area contributed by atoms with Gasteiger partial charge >= 0.3 is 5.97 Å². The van der Waals surface area contributed by atoms with Crippen LogP contribution in [0.2, 0.25) is 0 Å². The van der Waals surface area contributed by atoms with E-state index in [-0.39, 0.29) is 18.5 Å². The number of allylic oxidation sites excluding steroid dienone is 2. The summed E-state index contributed by atoms with van der Waals surface area (Å²) in [4.78, 5) is 24.4. The fourth-order valence-corrected chi connectivity index (χ4v) is 9.64. The summed E-state index contributed by atoms with van der Waals surface area (Å²) in [6.45, 7) is 4.96. The number of ether oxygens (including phenoxy) is 1. The summed E-state index contributed by atoms with van der Waals surface area (Å²) in [7, 11) is 0. The zero-order valence-corrected chi connectivity index (χ0v) is 45.4. The van der Waals surface area contributed by atoms with Crippen molar-refractivity contribution >= 4 is 11.9 Å². The number of carbonyl (C=O) groups excluding carboxylic acids is 2. The molecule has 0 fully saturated rings. The predicted octanol–water partition coefficient (Wildman–Crippen LogP) is 18.9. The molecule has 67 heavy (non-hydrogen) atoms. The van der Waals surface area contributed by atoms with Crippen LogP contribution in [0, 0.1) is 0 Å². The zero-order chi connectivity index (χ0) is 48.6. The Morgan fingerprint density at radius 3 is 1.06 bits per heavy atom. The van der Waals surface area contributed by atoms with Crippen LogP contribution in [0.5, 0.6) is 0 Å². The van der Waals surface area contributed by atoms with Gasteiger partial charge in [-0.25, -0.2) is 0 Å². The molecule has 0 heterocycles. The number of amides is 1. The maximum Gasteiger partial charge on any atom is 0.305 e. The number of unbranched alkanes of at least 4 members (excludes halogenated alkanes) is 44. The molecule has 2 atom stereocenters. The van der Waals surface area contributed by atoms with Crippen LogP contribution in [-0.4, -0.2) is 47.4 Å². The predicted molar refractivity (Wildman–Crippen MR) is 292 cm³/mol. The van der Waals surface area contributed by atoms with E-state index in [4.69, 9.17) is 4.74 Å². The second kappa shape index (κ2) is 57.2. The van der Waals surface area contributed by atoms with Crippen molar-refractivity contribution < 1.29 is 24.5 Å². The van der Waals surface area contributed by atoms with Crippen molar-refractivity contribution in [2.45, 2.75) is 353 Å². The van der Waals surface area contributed by atoms with Gasteiger partial charge in [0.1, 0.15) is 0 Å². The average molecular weight is 947 g/mol. The van der Waals surface area contributed by atoms with Gasteiger partial charge in [-0.1, -0.05) is 289 Å². The molecule has 0 radical (unpaired) electrons. The maximum absolute atomic E-state index is 12.4. The monoisotopic (exact) mass is 946 g/mol. The Morgan fingerprint density at radius 1 is 0.403 bits per heavy atom. The van der Waals surface area contributed by atoms with Gasteiger partial charge in [0.15, 0.2) is 0 Å². The van der Waals surface area contributed by atoms with Crippen LogP contribution >= 0.6 is 0 Å². The molecule has 0 aromatic rings. The van der Waals surface area contributed by atoms with Gasteiger partial charge in [-0.15, -0.1) is 0 Å². The lowest BCUT2D eigenvalue weighted by Crippen LogP contribution is -2.45. The van der Waals surface area contributed by atoms with E-state index < -0.39 is 12.1 Å². The Hall–Kier alpha value is -1.40. The Kier molecular flexibility index (Phi) is 56.0. The Balaban J connectivity index is 3.35. The van der Waals surface area contributed by atoms with Gasteiger partial charge < -0.3 is 20.3 Å². The lowest BCUT2D eigenvalue weighted by atomic mass is 10.0. The zero-order valence-electron chi connectivity index (χ0n) is 45.4. The highest BCUT2D eigenvalue weighted by Crippen LogP contribution is 2.18. The summed E-state index contributed by atoms with van der Waals surface area (Å²) in [5, 5.41) is 23.2. The molecule has 6 heteroatoms. The number of nitrogens with one attached hydrogen (secondary N) is 1. The molecule has 0 aliphatic carbocycles. The SMILES string of the molecule is CCCCCCCCCCCCCC(=O)OCCCCCCCCCCCCCC/C=C\CCCCCCCCCCCCCCC(=O)NC(CO)C(O)CCCCCCCCCCCCC. The first kappa shape index (κ1) is 65.6. The van der Waals surface area contributed by atoms with Crippen LogP contribution in [-0.2, 0) is 14.3 Å². The third kappa shape index (κ3) is 53.8. The van der Waals surface area contributed by atoms with Crippen LogP contribution in [0.15, 0.2) is 12.2 Å². The number of rotatable bonds is 57. The van der Waals surface area contributed by atoms with Gasteiger partial charge in [0.25, 0.3) is 0 Å². The maximum atomic E-state index is 12.4. The van der Waals surface area contributed by atoms with E-state index in [1.807, 2.05) is 0 Å². The first-order valence-corrected chi connectivity index (χ1v) is 30.4. The van der Waals surface area contributed by atoms with Gasteiger partial charge in [0.2, 0.25) is 5.91 Å². The number of esters is 1. The lowest BCUT2D eigenvalue weighted by molar-refractivity contribution is -0.143. The number of hydrogen-bond acceptors (Lipinski definition) is 5. The van der Waals surface area contributed by atoms with Crippen LogP contribution in [0.3, 0.4) is 0 Å². The summed E-state index contributed by atoms with van der Waals surface area (Å²) < 4.78 is 5.47. The molecule has 0 saturated carbocycles. The van der Waals surface area contributed by atoms with Crippen molar-refractivity contribution in [3.63, 3.8) is 0 Å². The highest BCUT2D eigenvalue weighted by atomic mass is 16.5. The average Bonchev–Trinajstić information content (AvgIpc) is 3.33. The minimum atomic E-state index is -0.661. The standard InChI is InChI=1S/C61H119NO5/c1-3-5-7-9-11-13-33-37-41-45-49-53-59(64)58(57-63)62-60(65)54-50-46-42-38-35-31-29-27-25-23-21-19-17-15-16-18-20-22-24-26-28-30-32-36-40-44-48-52-56-67-61(66)55-51-47-43-39-34-14-12-10-8-6-4-2/h15-16,58-59,63-64H,3-14,17-57H2,1-2H3,(H,62,65)/b16-15-. The van der Waals surface area contributed by atoms with Gasteiger partial charge in [-0.3, -0.25) is 9.59 Å². The van der Waals surface area contributed by atoms with Gasteiger partial charge in [-0.05, 0) is 51.4 Å². The molecule has 0 aliphatic rings. The summed E-state index contributed by atoms with van der Waals surface area (Å²) in [6.07, 6.45) is 68.0. The van der Waals surface area contributed by atoms with E-state index in [2.05, 4.69) is 31.3 Å². The second-order valence-electron chi connectivity index (χ2n) is 21.0. The number of hydrogen-bond donors (Lipinski definition) is 3. The minimum absolute atomic E-state index is 0.0159. The third-order valence-corrected chi connectivity index (χ3v) is 14.3. The molecule has 2 unspecified atom stereocenters. The van der Waals surface area contributed by atoms with Gasteiger partial charge in [0.05, 0.1) is 25.4 Å². The van der Waals surface area contributed by atoms with E-state index in [9.17, 15) is 19.8 Å². The molecule has 0 saturated heterocycles. The normalized spacial score (nSPS) is 12.6. The molecular weight excluding hydrogens is 827 g/mol. The quantitative estimate of drug-likeness (QED) is 0.0321. The molecule has 6 nitrogen and oxygen atoms in total. The first-order valence-electron chi connectivity index (χ1n) is 30.4. The Bertz CT molecular complexity index is 1000. The van der Waals surface area contributed by atoms with Crippen molar-refractivity contribution in [2.75, 3.05) is 13.2 Å². The van der Waals surface area contributed by atoms with Crippen molar-refractivity contribution in [1.29, 1.82) is 0 Å². The van der Waals surface area contributed by atoms with Gasteiger partial charge in [0, 0.05) is 12.8 Å². The molecule has 3 N–H and O–H groups in total. The van der Waals surface area contributed by atoms with Crippen molar-refractivity contribution in [2.24, 2.45) is 0 Å².